The van der Waals surface area contributed by atoms with Crippen molar-refractivity contribution in [2.75, 3.05) is 0 Å². The van der Waals surface area contributed by atoms with Gasteiger partial charge in [0.15, 0.2) is 5.82 Å². The predicted octanol–water partition coefficient (Wildman–Crippen LogP) is 5.41. The van der Waals surface area contributed by atoms with Crippen LogP contribution < -0.4 is 0 Å². The first-order valence-corrected chi connectivity index (χ1v) is 7.43. The minimum absolute atomic E-state index is 0.249. The normalized spacial score (nSPS) is 11.0. The summed E-state index contributed by atoms with van der Waals surface area (Å²) in [6.45, 7) is 0. The molecule has 100 valence electrons. The van der Waals surface area contributed by atoms with E-state index in [0.29, 0.717) is 20.8 Å². The molecule has 2 aromatic heterocycles. The van der Waals surface area contributed by atoms with Crippen LogP contribution in [0.5, 0.6) is 0 Å². The zero-order chi connectivity index (χ0) is 14.3. The van der Waals surface area contributed by atoms with Gasteiger partial charge in [-0.25, -0.2) is 9.97 Å². The third-order valence-electron chi connectivity index (χ3n) is 2.73. The maximum absolute atomic E-state index is 6.16. The van der Waals surface area contributed by atoms with E-state index < -0.39 is 0 Å². The molecule has 0 aliphatic carbocycles. The maximum Gasteiger partial charge on any atom is 0.164 e. The Bertz CT molecular complexity index is 800. The van der Waals surface area contributed by atoms with Gasteiger partial charge in [0.05, 0.1) is 15.0 Å². The summed E-state index contributed by atoms with van der Waals surface area (Å²) in [6.07, 6.45) is 1.68. The van der Waals surface area contributed by atoms with E-state index in [0.717, 1.165) is 10.9 Å². The lowest BCUT2D eigenvalue weighted by atomic mass is 10.1. The van der Waals surface area contributed by atoms with Crippen LogP contribution in [0.2, 0.25) is 15.3 Å². The number of benzene rings is 1. The van der Waals surface area contributed by atoms with Crippen LogP contribution in [0.25, 0.3) is 22.3 Å². The van der Waals surface area contributed by atoms with E-state index in [9.17, 15) is 0 Å². The summed E-state index contributed by atoms with van der Waals surface area (Å²) in [7, 11) is 0. The van der Waals surface area contributed by atoms with Gasteiger partial charge in [-0.15, -0.1) is 0 Å². The highest BCUT2D eigenvalue weighted by atomic mass is 79.9. The quantitative estimate of drug-likeness (QED) is 0.522. The minimum atomic E-state index is 0.249. The largest absolute Gasteiger partial charge is 0.255 e. The Balaban J connectivity index is 2.33. The predicted molar refractivity (Wildman–Crippen MR) is 85.5 cm³/mol. The topological polar surface area (TPSA) is 38.7 Å². The van der Waals surface area contributed by atoms with E-state index >= 15 is 0 Å². The van der Waals surface area contributed by atoms with Gasteiger partial charge in [0.1, 0.15) is 10.3 Å². The van der Waals surface area contributed by atoms with Crippen molar-refractivity contribution in [2.24, 2.45) is 0 Å². The Kier molecular flexibility index (Phi) is 3.82. The van der Waals surface area contributed by atoms with E-state index in [-0.39, 0.29) is 10.3 Å². The molecule has 20 heavy (non-hydrogen) atoms. The number of hydrogen-bond donors (Lipinski definition) is 0. The van der Waals surface area contributed by atoms with Crippen LogP contribution >= 0.6 is 50.7 Å². The smallest absolute Gasteiger partial charge is 0.164 e. The molecule has 2 heterocycles. The van der Waals surface area contributed by atoms with Crippen LogP contribution in [0.15, 0.2) is 34.9 Å². The molecule has 0 unspecified atom stereocenters. The van der Waals surface area contributed by atoms with Gasteiger partial charge < -0.3 is 0 Å². The summed E-state index contributed by atoms with van der Waals surface area (Å²) in [5.74, 6) is 0.406. The first kappa shape index (κ1) is 14.0. The van der Waals surface area contributed by atoms with Crippen molar-refractivity contribution in [3.05, 3.63) is 50.3 Å². The van der Waals surface area contributed by atoms with E-state index in [2.05, 4.69) is 30.9 Å². The molecule has 0 atom stereocenters. The summed E-state index contributed by atoms with van der Waals surface area (Å²) in [5, 5.41) is 1.94. The van der Waals surface area contributed by atoms with E-state index in [4.69, 9.17) is 34.8 Å². The number of rotatable bonds is 1. The van der Waals surface area contributed by atoms with Crippen LogP contribution in [0, 0.1) is 0 Å². The molecule has 1 aromatic carbocycles. The van der Waals surface area contributed by atoms with Crippen molar-refractivity contribution < 1.29 is 0 Å². The SMILES string of the molecule is Clc1nc(-c2ccc(Cl)c3cccnc23)nc(Cl)c1Br. The molecular formula is C13H5BrCl3N3. The standard InChI is InChI=1S/C13H5BrCl3N3/c14-9-11(16)19-13(20-12(9)17)7-3-4-8(15)6-2-1-5-18-10(6)7/h1-5H. The highest BCUT2D eigenvalue weighted by Gasteiger charge is 2.14. The molecule has 0 radical (unpaired) electrons. The lowest BCUT2D eigenvalue weighted by Gasteiger charge is -2.07. The van der Waals surface area contributed by atoms with Gasteiger partial charge in [0.2, 0.25) is 0 Å². The molecule has 0 N–H and O–H groups in total. The number of halogens is 4. The number of hydrogen-bond acceptors (Lipinski definition) is 3. The number of fused-ring (bicyclic) bond motifs is 1. The van der Waals surface area contributed by atoms with Gasteiger partial charge in [-0.05, 0) is 40.2 Å². The first-order chi connectivity index (χ1) is 9.58. The van der Waals surface area contributed by atoms with Crippen molar-refractivity contribution in [1.29, 1.82) is 0 Å². The van der Waals surface area contributed by atoms with Crippen molar-refractivity contribution >= 4 is 61.6 Å². The average Bonchev–Trinajstić information content (AvgIpc) is 2.45. The monoisotopic (exact) mass is 387 g/mol. The van der Waals surface area contributed by atoms with Crippen LogP contribution in [0.1, 0.15) is 0 Å². The van der Waals surface area contributed by atoms with Gasteiger partial charge in [0.25, 0.3) is 0 Å². The van der Waals surface area contributed by atoms with E-state index in [1.807, 2.05) is 12.1 Å². The van der Waals surface area contributed by atoms with Gasteiger partial charge in [-0.1, -0.05) is 34.8 Å². The molecule has 0 amide bonds. The summed E-state index contributed by atoms with van der Waals surface area (Å²) in [5.41, 5.74) is 1.43. The van der Waals surface area contributed by atoms with E-state index in [1.54, 1.807) is 18.3 Å². The fraction of sp³-hybridized carbons (Fsp3) is 0. The molecule has 0 saturated heterocycles. The highest BCUT2D eigenvalue weighted by molar-refractivity contribution is 9.10. The molecule has 3 rings (SSSR count). The fourth-order valence-corrected chi connectivity index (χ4v) is 2.61. The third-order valence-corrected chi connectivity index (χ3v) is 4.81. The summed E-state index contributed by atoms with van der Waals surface area (Å²) >= 11 is 21.4. The summed E-state index contributed by atoms with van der Waals surface area (Å²) < 4.78 is 0.468. The molecular weight excluding hydrogens is 384 g/mol. The number of pyridine rings is 1. The second kappa shape index (κ2) is 5.45. The Morgan fingerprint density at radius 3 is 2.35 bits per heavy atom. The van der Waals surface area contributed by atoms with Gasteiger partial charge in [0, 0.05) is 17.1 Å². The first-order valence-electron chi connectivity index (χ1n) is 5.50. The molecule has 3 aromatic rings. The second-order valence-corrected chi connectivity index (χ2v) is 5.85. The molecule has 0 fully saturated rings. The highest BCUT2D eigenvalue weighted by Crippen LogP contribution is 2.33. The van der Waals surface area contributed by atoms with Gasteiger partial charge in [-0.2, -0.15) is 0 Å². The van der Waals surface area contributed by atoms with E-state index in [1.165, 1.54) is 0 Å². The Hall–Kier alpha value is -0.940. The average molecular weight is 389 g/mol. The van der Waals surface area contributed by atoms with Crippen molar-refractivity contribution in [3.63, 3.8) is 0 Å². The van der Waals surface area contributed by atoms with Crippen molar-refractivity contribution in [2.45, 2.75) is 0 Å². The molecule has 0 bridgehead atoms. The van der Waals surface area contributed by atoms with Gasteiger partial charge >= 0.3 is 0 Å². The zero-order valence-corrected chi connectivity index (χ0v) is 13.6. The number of nitrogens with zero attached hydrogens (tertiary/aromatic N) is 3. The minimum Gasteiger partial charge on any atom is -0.255 e. The zero-order valence-electron chi connectivity index (χ0n) is 9.74. The van der Waals surface area contributed by atoms with Crippen molar-refractivity contribution in [3.8, 4) is 11.4 Å². The summed E-state index contributed by atoms with van der Waals surface area (Å²) in [6, 6.07) is 7.28. The maximum atomic E-state index is 6.16. The lowest BCUT2D eigenvalue weighted by molar-refractivity contribution is 1.16. The molecule has 7 heteroatoms. The second-order valence-electron chi connectivity index (χ2n) is 3.94. The fourth-order valence-electron chi connectivity index (χ4n) is 1.83. The molecule has 0 saturated carbocycles. The number of aromatic nitrogens is 3. The molecule has 3 nitrogen and oxygen atoms in total. The summed E-state index contributed by atoms with van der Waals surface area (Å²) in [4.78, 5) is 12.8. The van der Waals surface area contributed by atoms with Crippen LogP contribution in [-0.4, -0.2) is 15.0 Å². The van der Waals surface area contributed by atoms with Gasteiger partial charge in [-0.3, -0.25) is 4.98 Å². The molecule has 0 aliphatic heterocycles. The van der Waals surface area contributed by atoms with Crippen LogP contribution in [0.3, 0.4) is 0 Å². The van der Waals surface area contributed by atoms with Crippen LogP contribution in [0.4, 0.5) is 0 Å². The molecule has 0 spiro atoms. The third kappa shape index (κ3) is 2.37. The Labute approximate surface area is 138 Å². The Morgan fingerprint density at radius 2 is 1.65 bits per heavy atom. The van der Waals surface area contributed by atoms with Crippen molar-refractivity contribution in [1.82, 2.24) is 15.0 Å². The molecule has 0 aliphatic rings. The van der Waals surface area contributed by atoms with Crippen LogP contribution in [-0.2, 0) is 0 Å². The Morgan fingerprint density at radius 1 is 0.950 bits per heavy atom. The lowest BCUT2D eigenvalue weighted by Crippen LogP contribution is -1.94.